The molecule has 0 aliphatic carbocycles. The fourth-order valence-electron chi connectivity index (χ4n) is 3.78. The Kier molecular flexibility index (Phi) is 6.73. The Balaban J connectivity index is 1.33. The van der Waals surface area contributed by atoms with E-state index in [4.69, 9.17) is 16.7 Å². The number of carbonyl (C=O) groups is 1. The summed E-state index contributed by atoms with van der Waals surface area (Å²) < 4.78 is 3.50. The van der Waals surface area contributed by atoms with Gasteiger partial charge in [-0.2, -0.15) is 15.3 Å². The summed E-state index contributed by atoms with van der Waals surface area (Å²) in [5, 5.41) is 14.0. The summed E-state index contributed by atoms with van der Waals surface area (Å²) in [5.41, 5.74) is 8.46. The van der Waals surface area contributed by atoms with Crippen LogP contribution in [0.5, 0.6) is 0 Å². The summed E-state index contributed by atoms with van der Waals surface area (Å²) in [4.78, 5) is 12.6. The van der Waals surface area contributed by atoms with Crippen molar-refractivity contribution in [3.8, 4) is 16.9 Å². The number of nitrogens with zero attached hydrogens (tertiary/aromatic N) is 5. The number of aromatic nitrogens is 4. The third-order valence-electron chi connectivity index (χ3n) is 5.56. The van der Waals surface area contributed by atoms with Crippen LogP contribution >= 0.6 is 11.6 Å². The summed E-state index contributed by atoms with van der Waals surface area (Å²) >= 11 is 5.94. The molecule has 0 saturated carbocycles. The van der Waals surface area contributed by atoms with Crippen LogP contribution in [-0.4, -0.2) is 31.7 Å². The van der Waals surface area contributed by atoms with E-state index in [1.165, 1.54) is 0 Å². The van der Waals surface area contributed by atoms with E-state index in [0.717, 1.165) is 33.6 Å². The third-order valence-corrected chi connectivity index (χ3v) is 5.81. The highest BCUT2D eigenvalue weighted by Gasteiger charge is 2.13. The molecule has 0 aliphatic rings. The molecule has 5 rings (SSSR count). The van der Waals surface area contributed by atoms with E-state index in [-0.39, 0.29) is 5.69 Å². The maximum Gasteiger partial charge on any atom is 0.291 e. The van der Waals surface area contributed by atoms with Gasteiger partial charge in [-0.15, -0.1) is 0 Å². The monoisotopic (exact) mass is 494 g/mol. The minimum atomic E-state index is -0.395. The Bertz CT molecular complexity index is 1520. The molecule has 3 aromatic carbocycles. The van der Waals surface area contributed by atoms with Crippen LogP contribution in [0.1, 0.15) is 27.2 Å². The SMILES string of the molecule is Cc1cccc(-c2nn(-c3ccccc3)cc2/C=N\NC(=O)c2ccn(Cc3ccc(Cl)cc3)n2)c1. The van der Waals surface area contributed by atoms with E-state index in [1.54, 1.807) is 27.8 Å². The zero-order chi connectivity index (χ0) is 24.9. The zero-order valence-electron chi connectivity index (χ0n) is 19.5. The number of benzene rings is 3. The molecule has 0 saturated heterocycles. The molecule has 178 valence electrons. The number of para-hydroxylation sites is 1. The average Bonchev–Trinajstić information content (AvgIpc) is 3.54. The molecule has 0 unspecified atom stereocenters. The van der Waals surface area contributed by atoms with Gasteiger partial charge in [0, 0.05) is 28.5 Å². The van der Waals surface area contributed by atoms with Crippen LogP contribution in [0.4, 0.5) is 0 Å². The highest BCUT2D eigenvalue weighted by molar-refractivity contribution is 6.30. The van der Waals surface area contributed by atoms with Crippen LogP contribution in [0.15, 0.2) is 102 Å². The Hall–Kier alpha value is -4.49. The molecule has 8 heteroatoms. The number of aryl methyl sites for hydroxylation is 1. The number of hydrogen-bond donors (Lipinski definition) is 1. The molecular weight excluding hydrogens is 472 g/mol. The van der Waals surface area contributed by atoms with Gasteiger partial charge >= 0.3 is 0 Å². The molecule has 0 fully saturated rings. The minimum Gasteiger partial charge on any atom is -0.268 e. The first kappa shape index (κ1) is 23.3. The van der Waals surface area contributed by atoms with Gasteiger partial charge in [0.05, 0.1) is 18.4 Å². The maximum absolute atomic E-state index is 12.6. The minimum absolute atomic E-state index is 0.278. The van der Waals surface area contributed by atoms with Crippen molar-refractivity contribution in [2.75, 3.05) is 0 Å². The number of carbonyl (C=O) groups excluding carboxylic acids is 1. The fourth-order valence-corrected chi connectivity index (χ4v) is 3.90. The van der Waals surface area contributed by atoms with Crippen molar-refractivity contribution >= 4 is 23.7 Å². The first-order chi connectivity index (χ1) is 17.5. The molecular formula is C28H23ClN6O. The summed E-state index contributed by atoms with van der Waals surface area (Å²) in [7, 11) is 0. The first-order valence-corrected chi connectivity index (χ1v) is 11.8. The van der Waals surface area contributed by atoms with Gasteiger partial charge in [-0.3, -0.25) is 9.48 Å². The van der Waals surface area contributed by atoms with E-state index in [0.29, 0.717) is 11.6 Å². The lowest BCUT2D eigenvalue weighted by molar-refractivity contribution is 0.0949. The number of hydrazone groups is 1. The molecule has 7 nitrogen and oxygen atoms in total. The predicted molar refractivity (Wildman–Crippen MR) is 142 cm³/mol. The van der Waals surface area contributed by atoms with E-state index in [9.17, 15) is 4.79 Å². The Morgan fingerprint density at radius 2 is 1.81 bits per heavy atom. The molecule has 0 spiro atoms. The molecule has 1 N–H and O–H groups in total. The van der Waals surface area contributed by atoms with E-state index >= 15 is 0 Å². The van der Waals surface area contributed by atoms with Gasteiger partial charge in [-0.05, 0) is 48.9 Å². The number of rotatable bonds is 7. The van der Waals surface area contributed by atoms with Crippen LogP contribution in [0.3, 0.4) is 0 Å². The van der Waals surface area contributed by atoms with Gasteiger partial charge in [-0.1, -0.05) is 65.7 Å². The molecule has 5 aromatic rings. The number of nitrogens with one attached hydrogen (secondary N) is 1. The van der Waals surface area contributed by atoms with Crippen LogP contribution in [0.2, 0.25) is 5.02 Å². The van der Waals surface area contributed by atoms with Gasteiger partial charge in [0.2, 0.25) is 0 Å². The van der Waals surface area contributed by atoms with E-state index < -0.39 is 5.91 Å². The summed E-state index contributed by atoms with van der Waals surface area (Å²) in [6.07, 6.45) is 5.25. The van der Waals surface area contributed by atoms with Crippen LogP contribution < -0.4 is 5.43 Å². The van der Waals surface area contributed by atoms with Crippen molar-refractivity contribution < 1.29 is 4.79 Å². The molecule has 1 amide bonds. The van der Waals surface area contributed by atoms with Crippen molar-refractivity contribution in [3.05, 3.63) is 125 Å². The van der Waals surface area contributed by atoms with Crippen molar-refractivity contribution in [3.63, 3.8) is 0 Å². The quantitative estimate of drug-likeness (QED) is 0.239. The Morgan fingerprint density at radius 1 is 1.00 bits per heavy atom. The number of hydrogen-bond acceptors (Lipinski definition) is 4. The van der Waals surface area contributed by atoms with Crippen molar-refractivity contribution in [2.45, 2.75) is 13.5 Å². The summed E-state index contributed by atoms with van der Waals surface area (Å²) in [6, 6.07) is 27.1. The summed E-state index contributed by atoms with van der Waals surface area (Å²) in [6.45, 7) is 2.57. The molecule has 0 atom stereocenters. The molecule has 0 radical (unpaired) electrons. The molecule has 2 heterocycles. The zero-order valence-corrected chi connectivity index (χ0v) is 20.3. The average molecular weight is 495 g/mol. The van der Waals surface area contributed by atoms with E-state index in [1.807, 2.05) is 85.9 Å². The van der Waals surface area contributed by atoms with Gasteiger partial charge in [0.15, 0.2) is 5.69 Å². The molecule has 2 aromatic heterocycles. The second-order valence-corrected chi connectivity index (χ2v) is 8.74. The van der Waals surface area contributed by atoms with Crippen molar-refractivity contribution in [1.82, 2.24) is 25.0 Å². The lowest BCUT2D eigenvalue weighted by Crippen LogP contribution is -2.18. The van der Waals surface area contributed by atoms with Crippen molar-refractivity contribution in [1.29, 1.82) is 0 Å². The topological polar surface area (TPSA) is 77.1 Å². The van der Waals surface area contributed by atoms with E-state index in [2.05, 4.69) is 21.7 Å². The Labute approximate surface area is 213 Å². The smallest absolute Gasteiger partial charge is 0.268 e. The van der Waals surface area contributed by atoms with Crippen LogP contribution in [0.25, 0.3) is 16.9 Å². The van der Waals surface area contributed by atoms with Crippen LogP contribution in [-0.2, 0) is 6.54 Å². The lowest BCUT2D eigenvalue weighted by Gasteiger charge is -2.02. The molecule has 0 aliphatic heterocycles. The summed E-state index contributed by atoms with van der Waals surface area (Å²) in [5.74, 6) is -0.395. The van der Waals surface area contributed by atoms with Gasteiger partial charge in [0.1, 0.15) is 5.69 Å². The Morgan fingerprint density at radius 3 is 2.58 bits per heavy atom. The normalized spacial score (nSPS) is 11.2. The highest BCUT2D eigenvalue weighted by atomic mass is 35.5. The number of halogens is 1. The predicted octanol–water partition coefficient (Wildman–Crippen LogP) is 5.51. The third kappa shape index (κ3) is 5.42. The second-order valence-electron chi connectivity index (χ2n) is 8.31. The van der Waals surface area contributed by atoms with Gasteiger partial charge in [-0.25, -0.2) is 10.1 Å². The molecule has 36 heavy (non-hydrogen) atoms. The van der Waals surface area contributed by atoms with Crippen LogP contribution in [0, 0.1) is 6.92 Å². The lowest BCUT2D eigenvalue weighted by atomic mass is 10.1. The largest absolute Gasteiger partial charge is 0.291 e. The number of amides is 1. The molecule has 0 bridgehead atoms. The second kappa shape index (κ2) is 10.4. The van der Waals surface area contributed by atoms with Gasteiger partial charge < -0.3 is 0 Å². The fraction of sp³-hybridized carbons (Fsp3) is 0.0714. The van der Waals surface area contributed by atoms with Gasteiger partial charge in [0.25, 0.3) is 5.91 Å². The standard InChI is InChI=1S/C28H23ClN6O/c1-20-6-5-7-22(16-20)27-23(19-35(33-27)25-8-3-2-4-9-25)17-30-31-28(36)26-14-15-34(32-26)18-21-10-12-24(29)13-11-21/h2-17,19H,18H2,1H3,(H,31,36)/b30-17-. The maximum atomic E-state index is 12.6. The first-order valence-electron chi connectivity index (χ1n) is 11.4. The van der Waals surface area contributed by atoms with Crippen molar-refractivity contribution in [2.24, 2.45) is 5.10 Å². The highest BCUT2D eigenvalue weighted by Crippen LogP contribution is 2.23.